The lowest BCUT2D eigenvalue weighted by Crippen LogP contribution is -2.42. The number of rotatable bonds is 3. The Hall–Kier alpha value is -1.39. The van der Waals surface area contributed by atoms with Crippen LogP contribution in [0.1, 0.15) is 38.8 Å². The smallest absolute Gasteiger partial charge is 0.223 e. The van der Waals surface area contributed by atoms with Gasteiger partial charge in [0.05, 0.1) is 13.2 Å². The van der Waals surface area contributed by atoms with Gasteiger partial charge in [-0.05, 0) is 26.3 Å². The highest BCUT2D eigenvalue weighted by molar-refractivity contribution is 5.79. The molecule has 2 heterocycles. The zero-order valence-corrected chi connectivity index (χ0v) is 14.5. The van der Waals surface area contributed by atoms with Crippen molar-refractivity contribution in [3.63, 3.8) is 0 Å². The molecule has 4 nitrogen and oxygen atoms in total. The molecule has 0 aliphatic carbocycles. The van der Waals surface area contributed by atoms with Crippen LogP contribution in [0.5, 0.6) is 0 Å². The van der Waals surface area contributed by atoms with Gasteiger partial charge in [0.2, 0.25) is 5.91 Å². The third-order valence-corrected chi connectivity index (χ3v) is 5.27. The molecule has 1 spiro atoms. The molecule has 0 unspecified atom stereocenters. The van der Waals surface area contributed by atoms with E-state index in [-0.39, 0.29) is 17.4 Å². The van der Waals surface area contributed by atoms with Gasteiger partial charge in [0, 0.05) is 43.6 Å². The minimum absolute atomic E-state index is 0.0547. The van der Waals surface area contributed by atoms with Crippen molar-refractivity contribution in [1.29, 1.82) is 0 Å². The molecule has 2 aliphatic rings. The Morgan fingerprint density at radius 2 is 1.87 bits per heavy atom. The van der Waals surface area contributed by atoms with Crippen LogP contribution in [0.2, 0.25) is 0 Å². The second kappa shape index (κ2) is 6.62. The van der Waals surface area contributed by atoms with Crippen LogP contribution in [0.25, 0.3) is 0 Å². The molecule has 2 saturated heterocycles. The summed E-state index contributed by atoms with van der Waals surface area (Å²) in [4.78, 5) is 16.9. The van der Waals surface area contributed by atoms with Crippen molar-refractivity contribution >= 4 is 5.91 Å². The SMILES string of the molecule is CC(C)N1C[C@@]2(COCCN([C@@H](C)c3ccccc3)C2)CC1=O. The molecule has 0 N–H and O–H groups in total. The fraction of sp³-hybridized carbons (Fsp3) is 0.632. The van der Waals surface area contributed by atoms with Gasteiger partial charge in [-0.15, -0.1) is 0 Å². The molecule has 1 aromatic rings. The summed E-state index contributed by atoms with van der Waals surface area (Å²) in [6.45, 7) is 10.6. The van der Waals surface area contributed by atoms with E-state index >= 15 is 0 Å². The van der Waals surface area contributed by atoms with Gasteiger partial charge in [0.25, 0.3) is 0 Å². The molecule has 2 fully saturated rings. The van der Waals surface area contributed by atoms with Gasteiger partial charge >= 0.3 is 0 Å². The number of likely N-dealkylation sites (tertiary alicyclic amines) is 1. The summed E-state index contributed by atoms with van der Waals surface area (Å²) in [5, 5.41) is 0. The molecule has 1 amide bonds. The lowest BCUT2D eigenvalue weighted by atomic mass is 9.86. The number of ether oxygens (including phenoxy) is 1. The Morgan fingerprint density at radius 1 is 1.13 bits per heavy atom. The molecule has 2 aliphatic heterocycles. The first-order chi connectivity index (χ1) is 11.0. The summed E-state index contributed by atoms with van der Waals surface area (Å²) in [6.07, 6.45) is 0.614. The Morgan fingerprint density at radius 3 is 2.52 bits per heavy atom. The maximum absolute atomic E-state index is 12.4. The minimum atomic E-state index is -0.0547. The maximum Gasteiger partial charge on any atom is 0.223 e. The molecular formula is C19H28N2O2. The van der Waals surface area contributed by atoms with Crippen LogP contribution >= 0.6 is 0 Å². The lowest BCUT2D eigenvalue weighted by Gasteiger charge is -2.35. The van der Waals surface area contributed by atoms with Crippen LogP contribution in [0.15, 0.2) is 30.3 Å². The zero-order valence-electron chi connectivity index (χ0n) is 14.5. The molecule has 3 rings (SSSR count). The first kappa shape index (κ1) is 16.5. The van der Waals surface area contributed by atoms with Gasteiger partial charge < -0.3 is 9.64 Å². The van der Waals surface area contributed by atoms with E-state index in [2.05, 4.69) is 56.0 Å². The Labute approximate surface area is 139 Å². The summed E-state index contributed by atoms with van der Waals surface area (Å²) < 4.78 is 5.90. The summed E-state index contributed by atoms with van der Waals surface area (Å²) in [5.74, 6) is 0.276. The van der Waals surface area contributed by atoms with Crippen molar-refractivity contribution in [2.45, 2.75) is 39.3 Å². The van der Waals surface area contributed by atoms with E-state index in [1.165, 1.54) is 5.56 Å². The van der Waals surface area contributed by atoms with Gasteiger partial charge in [0.1, 0.15) is 0 Å². The van der Waals surface area contributed by atoms with Crippen LogP contribution in [0.3, 0.4) is 0 Å². The van der Waals surface area contributed by atoms with Crippen molar-refractivity contribution in [2.75, 3.05) is 32.8 Å². The highest BCUT2D eigenvalue weighted by Gasteiger charge is 2.46. The number of benzene rings is 1. The normalized spacial score (nSPS) is 27.7. The first-order valence-electron chi connectivity index (χ1n) is 8.67. The van der Waals surface area contributed by atoms with E-state index in [1.54, 1.807) is 0 Å². The van der Waals surface area contributed by atoms with Crippen molar-refractivity contribution in [3.05, 3.63) is 35.9 Å². The summed E-state index contributed by atoms with van der Waals surface area (Å²) in [6, 6.07) is 11.2. The van der Waals surface area contributed by atoms with Gasteiger partial charge in [-0.3, -0.25) is 9.69 Å². The van der Waals surface area contributed by atoms with E-state index < -0.39 is 0 Å². The fourth-order valence-electron chi connectivity index (χ4n) is 3.90. The molecule has 1 aromatic carbocycles. The third kappa shape index (κ3) is 3.43. The quantitative estimate of drug-likeness (QED) is 0.859. The van der Waals surface area contributed by atoms with E-state index in [0.29, 0.717) is 19.1 Å². The van der Waals surface area contributed by atoms with Gasteiger partial charge in [-0.1, -0.05) is 30.3 Å². The van der Waals surface area contributed by atoms with E-state index in [4.69, 9.17) is 4.74 Å². The van der Waals surface area contributed by atoms with E-state index in [0.717, 1.165) is 26.2 Å². The average molecular weight is 316 g/mol. The zero-order chi connectivity index (χ0) is 16.4. The predicted octanol–water partition coefficient (Wildman–Crippen LogP) is 2.71. The second-order valence-corrected chi connectivity index (χ2v) is 7.40. The Bertz CT molecular complexity index is 546. The van der Waals surface area contributed by atoms with Crippen LogP contribution in [-0.2, 0) is 9.53 Å². The van der Waals surface area contributed by atoms with Crippen molar-refractivity contribution in [1.82, 2.24) is 9.80 Å². The Balaban J connectivity index is 1.78. The number of hydrogen-bond acceptors (Lipinski definition) is 3. The topological polar surface area (TPSA) is 32.8 Å². The second-order valence-electron chi connectivity index (χ2n) is 7.40. The van der Waals surface area contributed by atoms with Crippen LogP contribution in [0, 0.1) is 5.41 Å². The number of carbonyl (C=O) groups is 1. The maximum atomic E-state index is 12.4. The van der Waals surface area contributed by atoms with Crippen molar-refractivity contribution in [3.8, 4) is 0 Å². The van der Waals surface area contributed by atoms with Crippen LogP contribution < -0.4 is 0 Å². The molecule has 4 heteroatoms. The Kier molecular flexibility index (Phi) is 4.74. The van der Waals surface area contributed by atoms with Gasteiger partial charge in [0.15, 0.2) is 0 Å². The summed E-state index contributed by atoms with van der Waals surface area (Å²) in [5.41, 5.74) is 1.27. The fourth-order valence-corrected chi connectivity index (χ4v) is 3.90. The number of hydrogen-bond donors (Lipinski definition) is 0. The molecular weight excluding hydrogens is 288 g/mol. The molecule has 0 saturated carbocycles. The molecule has 0 bridgehead atoms. The number of amides is 1. The molecule has 0 aromatic heterocycles. The molecule has 0 radical (unpaired) electrons. The van der Waals surface area contributed by atoms with Crippen LogP contribution in [-0.4, -0.2) is 54.6 Å². The van der Waals surface area contributed by atoms with Crippen molar-refractivity contribution in [2.24, 2.45) is 5.41 Å². The predicted molar refractivity (Wildman–Crippen MR) is 91.1 cm³/mol. The number of nitrogens with zero attached hydrogens (tertiary/aromatic N) is 2. The first-order valence-corrected chi connectivity index (χ1v) is 8.67. The standard InChI is InChI=1S/C19H28N2O2/c1-15(2)21-13-19(11-18(21)22)12-20(9-10-23-14-19)16(3)17-7-5-4-6-8-17/h4-8,15-16H,9-14H2,1-3H3/t16-,19+/m0/s1. The average Bonchev–Trinajstić information content (AvgIpc) is 2.73. The van der Waals surface area contributed by atoms with E-state index in [9.17, 15) is 4.79 Å². The highest BCUT2D eigenvalue weighted by atomic mass is 16.5. The third-order valence-electron chi connectivity index (χ3n) is 5.27. The summed E-state index contributed by atoms with van der Waals surface area (Å²) in [7, 11) is 0. The molecule has 23 heavy (non-hydrogen) atoms. The lowest BCUT2D eigenvalue weighted by molar-refractivity contribution is -0.129. The van der Waals surface area contributed by atoms with Crippen molar-refractivity contribution < 1.29 is 9.53 Å². The van der Waals surface area contributed by atoms with Gasteiger partial charge in [-0.25, -0.2) is 0 Å². The minimum Gasteiger partial charge on any atom is -0.379 e. The molecule has 2 atom stereocenters. The number of carbonyl (C=O) groups excluding carboxylic acids is 1. The summed E-state index contributed by atoms with van der Waals surface area (Å²) >= 11 is 0. The highest BCUT2D eigenvalue weighted by Crippen LogP contribution is 2.37. The van der Waals surface area contributed by atoms with Crippen LogP contribution in [0.4, 0.5) is 0 Å². The van der Waals surface area contributed by atoms with E-state index in [1.807, 2.05) is 4.90 Å². The largest absolute Gasteiger partial charge is 0.379 e. The van der Waals surface area contributed by atoms with Gasteiger partial charge in [-0.2, -0.15) is 0 Å². The molecule has 126 valence electrons. The monoisotopic (exact) mass is 316 g/mol.